The Morgan fingerprint density at radius 2 is 1.82 bits per heavy atom. The molecule has 2 aromatic rings. The summed E-state index contributed by atoms with van der Waals surface area (Å²) in [6, 6.07) is 8.35. The molecular formula is C13H16ClN3. The maximum absolute atomic E-state index is 6.08. The highest BCUT2D eigenvalue weighted by Gasteiger charge is 2.10. The molecule has 0 saturated carbocycles. The van der Waals surface area contributed by atoms with E-state index in [1.54, 1.807) is 0 Å². The van der Waals surface area contributed by atoms with Crippen molar-refractivity contribution in [3.05, 3.63) is 40.9 Å². The van der Waals surface area contributed by atoms with Crippen LogP contribution >= 0.6 is 11.6 Å². The molecule has 3 nitrogen and oxygen atoms in total. The van der Waals surface area contributed by atoms with Crippen molar-refractivity contribution < 1.29 is 0 Å². The highest BCUT2D eigenvalue weighted by molar-refractivity contribution is 6.28. The van der Waals surface area contributed by atoms with Gasteiger partial charge >= 0.3 is 0 Å². The van der Waals surface area contributed by atoms with Gasteiger partial charge in [0, 0.05) is 12.1 Å². The fraction of sp³-hybridized carbons (Fsp3) is 0.385. The van der Waals surface area contributed by atoms with Crippen LogP contribution in [0.5, 0.6) is 0 Å². The maximum Gasteiger partial charge on any atom is 0.229 e. The summed E-state index contributed by atoms with van der Waals surface area (Å²) >= 11 is 6.08. The predicted octanol–water partition coefficient (Wildman–Crippen LogP) is 3.44. The molecule has 1 aromatic heterocycles. The second-order valence-corrected chi connectivity index (χ2v) is 4.33. The van der Waals surface area contributed by atoms with E-state index >= 15 is 0 Å². The molecule has 0 saturated heterocycles. The molecule has 0 spiro atoms. The molecule has 0 amide bonds. The topological polar surface area (TPSA) is 30.7 Å². The molecule has 0 atom stereocenters. The van der Waals surface area contributed by atoms with Gasteiger partial charge in [-0.2, -0.15) is 0 Å². The van der Waals surface area contributed by atoms with Crippen molar-refractivity contribution in [1.29, 1.82) is 0 Å². The number of aromatic nitrogens is 3. The molecule has 1 heterocycles. The van der Waals surface area contributed by atoms with E-state index in [0.717, 1.165) is 30.8 Å². The number of hydrogen-bond acceptors (Lipinski definition) is 2. The second-order valence-electron chi connectivity index (χ2n) is 3.99. The smallest absolute Gasteiger partial charge is 0.229 e. The average Bonchev–Trinajstić information content (AvgIpc) is 2.71. The number of rotatable bonds is 4. The molecule has 0 aliphatic carbocycles. The lowest BCUT2D eigenvalue weighted by molar-refractivity contribution is 0.802. The molecule has 0 unspecified atom stereocenters. The summed E-state index contributed by atoms with van der Waals surface area (Å²) in [5.41, 5.74) is 2.34. The van der Waals surface area contributed by atoms with Gasteiger partial charge in [-0.1, -0.05) is 26.0 Å². The zero-order chi connectivity index (χ0) is 12.3. The van der Waals surface area contributed by atoms with Gasteiger partial charge < -0.3 is 0 Å². The van der Waals surface area contributed by atoms with Crippen molar-refractivity contribution in [2.24, 2.45) is 0 Å². The number of hydrogen-bond donors (Lipinski definition) is 0. The van der Waals surface area contributed by atoms with Gasteiger partial charge in [-0.05, 0) is 42.1 Å². The zero-order valence-corrected chi connectivity index (χ0v) is 10.9. The van der Waals surface area contributed by atoms with Gasteiger partial charge in [0.1, 0.15) is 5.82 Å². The lowest BCUT2D eigenvalue weighted by Crippen LogP contribution is -2.01. The van der Waals surface area contributed by atoms with E-state index in [-0.39, 0.29) is 0 Å². The van der Waals surface area contributed by atoms with E-state index in [9.17, 15) is 0 Å². The van der Waals surface area contributed by atoms with E-state index in [2.05, 4.69) is 48.3 Å². The highest BCUT2D eigenvalue weighted by atomic mass is 35.5. The predicted molar refractivity (Wildman–Crippen MR) is 69.7 cm³/mol. The van der Waals surface area contributed by atoms with Crippen LogP contribution in [0, 0.1) is 0 Å². The summed E-state index contributed by atoms with van der Waals surface area (Å²) < 4.78 is 1.91. The van der Waals surface area contributed by atoms with Crippen LogP contribution in [-0.4, -0.2) is 14.8 Å². The molecule has 0 radical (unpaired) electrons. The van der Waals surface area contributed by atoms with Gasteiger partial charge in [0.05, 0.1) is 0 Å². The highest BCUT2D eigenvalue weighted by Crippen LogP contribution is 2.18. The van der Waals surface area contributed by atoms with Crippen molar-refractivity contribution >= 4 is 11.6 Å². The molecule has 2 rings (SSSR count). The Kier molecular flexibility index (Phi) is 3.79. The SMILES string of the molecule is CCCc1nnc(Cl)n1-c1ccc(CC)cc1. The molecule has 17 heavy (non-hydrogen) atoms. The summed E-state index contributed by atoms with van der Waals surface area (Å²) in [6.45, 7) is 4.26. The summed E-state index contributed by atoms with van der Waals surface area (Å²) in [5.74, 6) is 0.918. The summed E-state index contributed by atoms with van der Waals surface area (Å²) in [6.07, 6.45) is 2.95. The van der Waals surface area contributed by atoms with E-state index in [4.69, 9.17) is 11.6 Å². The summed E-state index contributed by atoms with van der Waals surface area (Å²) in [4.78, 5) is 0. The van der Waals surface area contributed by atoms with E-state index in [1.165, 1.54) is 5.56 Å². The fourth-order valence-corrected chi connectivity index (χ4v) is 2.05. The Bertz CT molecular complexity index is 488. The minimum absolute atomic E-state index is 0.428. The van der Waals surface area contributed by atoms with Crippen LogP contribution in [0.4, 0.5) is 0 Å². The normalized spacial score (nSPS) is 10.8. The van der Waals surface area contributed by atoms with Gasteiger partial charge in [0.25, 0.3) is 0 Å². The molecular weight excluding hydrogens is 234 g/mol. The summed E-state index contributed by atoms with van der Waals surface area (Å²) in [5, 5.41) is 8.47. The number of aryl methyl sites for hydroxylation is 2. The standard InChI is InChI=1S/C13H16ClN3/c1-3-5-12-15-16-13(14)17(12)11-8-6-10(4-2)7-9-11/h6-9H,3-5H2,1-2H3. The Hall–Kier alpha value is -1.35. The quantitative estimate of drug-likeness (QED) is 0.831. The van der Waals surface area contributed by atoms with Crippen LogP contribution < -0.4 is 0 Å². The third-order valence-corrected chi connectivity index (χ3v) is 3.01. The largest absolute Gasteiger partial charge is 0.270 e. The van der Waals surface area contributed by atoms with Gasteiger partial charge in [-0.15, -0.1) is 10.2 Å². The van der Waals surface area contributed by atoms with Crippen LogP contribution in [0.2, 0.25) is 5.28 Å². The Morgan fingerprint density at radius 1 is 1.12 bits per heavy atom. The molecule has 0 bridgehead atoms. The lowest BCUT2D eigenvalue weighted by Gasteiger charge is -2.07. The van der Waals surface area contributed by atoms with Gasteiger partial charge in [0.2, 0.25) is 5.28 Å². The minimum Gasteiger partial charge on any atom is -0.270 e. The third kappa shape index (κ3) is 2.50. The van der Waals surface area contributed by atoms with Gasteiger partial charge in [-0.25, -0.2) is 0 Å². The van der Waals surface area contributed by atoms with E-state index in [1.807, 2.05) is 4.57 Å². The molecule has 0 aliphatic heterocycles. The van der Waals surface area contributed by atoms with Crippen molar-refractivity contribution in [2.45, 2.75) is 33.1 Å². The molecule has 0 fully saturated rings. The minimum atomic E-state index is 0.428. The summed E-state index contributed by atoms with van der Waals surface area (Å²) in [7, 11) is 0. The first-order chi connectivity index (χ1) is 8.26. The van der Waals surface area contributed by atoms with Crippen molar-refractivity contribution in [3.8, 4) is 5.69 Å². The third-order valence-electron chi connectivity index (χ3n) is 2.77. The van der Waals surface area contributed by atoms with Crippen molar-refractivity contribution in [3.63, 3.8) is 0 Å². The molecule has 0 aliphatic rings. The van der Waals surface area contributed by atoms with Crippen LogP contribution in [0.1, 0.15) is 31.7 Å². The van der Waals surface area contributed by atoms with Crippen LogP contribution in [0.3, 0.4) is 0 Å². The van der Waals surface area contributed by atoms with Crippen molar-refractivity contribution in [1.82, 2.24) is 14.8 Å². The van der Waals surface area contributed by atoms with Crippen LogP contribution in [0.15, 0.2) is 24.3 Å². The monoisotopic (exact) mass is 249 g/mol. The lowest BCUT2D eigenvalue weighted by atomic mass is 10.1. The molecule has 90 valence electrons. The number of benzene rings is 1. The van der Waals surface area contributed by atoms with Crippen molar-refractivity contribution in [2.75, 3.05) is 0 Å². The number of nitrogens with zero attached hydrogens (tertiary/aromatic N) is 3. The first kappa shape index (κ1) is 12.1. The van der Waals surface area contributed by atoms with Gasteiger partial charge in [-0.3, -0.25) is 4.57 Å². The maximum atomic E-state index is 6.08. The fourth-order valence-electron chi connectivity index (χ4n) is 1.82. The molecule has 4 heteroatoms. The van der Waals surface area contributed by atoms with Gasteiger partial charge in [0.15, 0.2) is 0 Å². The average molecular weight is 250 g/mol. The van der Waals surface area contributed by atoms with Crippen LogP contribution in [-0.2, 0) is 12.8 Å². The first-order valence-electron chi connectivity index (χ1n) is 5.95. The number of halogens is 1. The van der Waals surface area contributed by atoms with Crippen LogP contribution in [0.25, 0.3) is 5.69 Å². The first-order valence-corrected chi connectivity index (χ1v) is 6.33. The van der Waals surface area contributed by atoms with E-state index < -0.39 is 0 Å². The zero-order valence-electron chi connectivity index (χ0n) is 10.2. The Labute approximate surface area is 106 Å². The molecule has 0 N–H and O–H groups in total. The van der Waals surface area contributed by atoms with E-state index in [0.29, 0.717) is 5.28 Å². The molecule has 1 aromatic carbocycles. The Morgan fingerprint density at radius 3 is 2.41 bits per heavy atom. The Balaban J connectivity index is 2.40. The second kappa shape index (κ2) is 5.32.